The van der Waals surface area contributed by atoms with Gasteiger partial charge in [-0.2, -0.15) is 0 Å². The van der Waals surface area contributed by atoms with Gasteiger partial charge < -0.3 is 19.9 Å². The predicted octanol–water partition coefficient (Wildman–Crippen LogP) is 2.09. The molecule has 0 spiro atoms. The van der Waals surface area contributed by atoms with Crippen molar-refractivity contribution in [2.75, 3.05) is 13.7 Å². The van der Waals surface area contributed by atoms with Gasteiger partial charge in [0, 0.05) is 13.5 Å². The molecule has 24 heavy (non-hydrogen) atoms. The molecular weight excluding hydrogens is 310 g/mol. The molecule has 1 rings (SSSR count). The second-order valence-corrected chi connectivity index (χ2v) is 6.60. The number of aliphatic hydroxyl groups excluding tert-OH is 1. The van der Waals surface area contributed by atoms with Gasteiger partial charge in [-0.25, -0.2) is 4.79 Å². The highest BCUT2D eigenvalue weighted by atomic mass is 16.6. The van der Waals surface area contributed by atoms with Gasteiger partial charge in [0.1, 0.15) is 11.7 Å². The summed E-state index contributed by atoms with van der Waals surface area (Å²) in [5.74, 6) is -0.381. The van der Waals surface area contributed by atoms with Crippen molar-refractivity contribution in [2.45, 2.75) is 51.4 Å². The Labute approximate surface area is 143 Å². The molecule has 0 heterocycles. The van der Waals surface area contributed by atoms with Crippen LogP contribution in [-0.4, -0.2) is 48.4 Å². The second-order valence-electron chi connectivity index (χ2n) is 6.60. The number of hydrogen-bond donors (Lipinski definition) is 2. The Bertz CT molecular complexity index is 524. The van der Waals surface area contributed by atoms with Crippen molar-refractivity contribution in [3.63, 3.8) is 0 Å². The molecule has 0 saturated carbocycles. The van der Waals surface area contributed by atoms with Gasteiger partial charge in [0.15, 0.2) is 5.78 Å². The first kappa shape index (κ1) is 20.1. The number of rotatable bonds is 8. The molecule has 6 heteroatoms. The summed E-state index contributed by atoms with van der Waals surface area (Å²) in [6, 6.07) is 8.57. The molecule has 6 nitrogen and oxygen atoms in total. The Hall–Kier alpha value is -1.92. The number of carbonyl (C=O) groups is 2. The lowest BCUT2D eigenvalue weighted by Crippen LogP contribution is -2.49. The average Bonchev–Trinajstić information content (AvgIpc) is 2.50. The summed E-state index contributed by atoms with van der Waals surface area (Å²) in [4.78, 5) is 24.1. The Morgan fingerprint density at radius 2 is 1.83 bits per heavy atom. The van der Waals surface area contributed by atoms with E-state index in [2.05, 4.69) is 5.32 Å². The van der Waals surface area contributed by atoms with E-state index in [0.29, 0.717) is 6.42 Å². The highest BCUT2D eigenvalue weighted by Crippen LogP contribution is 2.11. The monoisotopic (exact) mass is 337 g/mol. The van der Waals surface area contributed by atoms with E-state index in [1.807, 2.05) is 30.3 Å². The molecule has 1 amide bonds. The zero-order valence-electron chi connectivity index (χ0n) is 14.7. The fraction of sp³-hybridized carbons (Fsp3) is 0.556. The highest BCUT2D eigenvalue weighted by molar-refractivity contribution is 5.84. The maximum Gasteiger partial charge on any atom is 0.407 e. The fourth-order valence-electron chi connectivity index (χ4n) is 2.14. The SMILES string of the molecule is COCCC(=O)C(O)C(Cc1ccccc1)NC(=O)OC(C)(C)C. The summed E-state index contributed by atoms with van der Waals surface area (Å²) in [5.41, 5.74) is 0.240. The molecule has 0 bridgehead atoms. The molecule has 1 aromatic carbocycles. The molecule has 0 saturated heterocycles. The number of hydrogen-bond acceptors (Lipinski definition) is 5. The summed E-state index contributed by atoms with van der Waals surface area (Å²) in [7, 11) is 1.49. The van der Waals surface area contributed by atoms with E-state index >= 15 is 0 Å². The van der Waals surface area contributed by atoms with Crippen molar-refractivity contribution < 1.29 is 24.2 Å². The molecule has 0 aliphatic heterocycles. The van der Waals surface area contributed by atoms with Crippen LogP contribution in [0.2, 0.25) is 0 Å². The van der Waals surface area contributed by atoms with Crippen LogP contribution in [0.5, 0.6) is 0 Å². The van der Waals surface area contributed by atoms with Gasteiger partial charge >= 0.3 is 6.09 Å². The molecule has 2 N–H and O–H groups in total. The van der Waals surface area contributed by atoms with E-state index in [4.69, 9.17) is 9.47 Å². The molecule has 134 valence electrons. The summed E-state index contributed by atoms with van der Waals surface area (Å²) in [6.45, 7) is 5.47. The van der Waals surface area contributed by atoms with Crippen LogP contribution in [0.25, 0.3) is 0 Å². The smallest absolute Gasteiger partial charge is 0.407 e. The third-order valence-corrected chi connectivity index (χ3v) is 3.26. The summed E-state index contributed by atoms with van der Waals surface area (Å²) in [5, 5.41) is 12.9. The number of methoxy groups -OCH3 is 1. The molecule has 0 aliphatic rings. The zero-order valence-corrected chi connectivity index (χ0v) is 14.7. The number of benzene rings is 1. The molecule has 2 unspecified atom stereocenters. The topological polar surface area (TPSA) is 84.9 Å². The van der Waals surface area contributed by atoms with Crippen LogP contribution < -0.4 is 5.32 Å². The van der Waals surface area contributed by atoms with Crippen molar-refractivity contribution in [2.24, 2.45) is 0 Å². The number of amides is 1. The van der Waals surface area contributed by atoms with Gasteiger partial charge in [-0.3, -0.25) is 4.79 Å². The Balaban J connectivity index is 2.82. The standard InChI is InChI=1S/C18H27NO5/c1-18(2,3)24-17(22)19-14(12-13-8-6-5-7-9-13)16(21)15(20)10-11-23-4/h5-9,14,16,21H,10-12H2,1-4H3,(H,19,22). The number of ketones is 1. The summed E-state index contributed by atoms with van der Waals surface area (Å²) >= 11 is 0. The number of nitrogens with one attached hydrogen (secondary N) is 1. The number of Topliss-reactive ketones (excluding diaryl/α,β-unsaturated/α-hetero) is 1. The van der Waals surface area contributed by atoms with E-state index in [0.717, 1.165) is 5.56 Å². The maximum atomic E-state index is 12.1. The van der Waals surface area contributed by atoms with E-state index < -0.39 is 23.8 Å². The van der Waals surface area contributed by atoms with Crippen LogP contribution in [-0.2, 0) is 20.7 Å². The van der Waals surface area contributed by atoms with E-state index in [-0.39, 0.29) is 18.8 Å². The van der Waals surface area contributed by atoms with Crippen molar-refractivity contribution in [1.82, 2.24) is 5.32 Å². The number of carbonyl (C=O) groups excluding carboxylic acids is 2. The lowest BCUT2D eigenvalue weighted by atomic mass is 9.97. The average molecular weight is 337 g/mol. The minimum atomic E-state index is -1.33. The summed E-state index contributed by atoms with van der Waals surface area (Å²) < 4.78 is 10.1. The van der Waals surface area contributed by atoms with Crippen molar-refractivity contribution in [1.29, 1.82) is 0 Å². The van der Waals surface area contributed by atoms with E-state index in [1.165, 1.54) is 7.11 Å². The van der Waals surface area contributed by atoms with Crippen molar-refractivity contribution >= 4 is 11.9 Å². The van der Waals surface area contributed by atoms with Crippen LogP contribution >= 0.6 is 0 Å². The zero-order chi connectivity index (χ0) is 18.2. The second kappa shape index (κ2) is 9.39. The lowest BCUT2D eigenvalue weighted by Gasteiger charge is -2.26. The maximum absolute atomic E-state index is 12.1. The molecule has 0 aliphatic carbocycles. The van der Waals surface area contributed by atoms with Crippen molar-refractivity contribution in [3.05, 3.63) is 35.9 Å². The van der Waals surface area contributed by atoms with Crippen molar-refractivity contribution in [3.8, 4) is 0 Å². The van der Waals surface area contributed by atoms with Gasteiger partial charge in [0.05, 0.1) is 12.6 Å². The minimum absolute atomic E-state index is 0.0823. The normalized spacial score (nSPS) is 13.9. The minimum Gasteiger partial charge on any atom is -0.444 e. The fourth-order valence-corrected chi connectivity index (χ4v) is 2.14. The third kappa shape index (κ3) is 7.57. The van der Waals surface area contributed by atoms with E-state index in [1.54, 1.807) is 20.8 Å². The lowest BCUT2D eigenvalue weighted by molar-refractivity contribution is -0.129. The molecular formula is C18H27NO5. The number of ether oxygens (including phenoxy) is 2. The van der Waals surface area contributed by atoms with Crippen LogP contribution in [0.4, 0.5) is 4.79 Å². The molecule has 0 aromatic heterocycles. The third-order valence-electron chi connectivity index (χ3n) is 3.26. The quantitative estimate of drug-likeness (QED) is 0.759. The van der Waals surface area contributed by atoms with Gasteiger partial charge in [-0.05, 0) is 32.8 Å². The van der Waals surface area contributed by atoms with Crippen LogP contribution in [0.3, 0.4) is 0 Å². The Morgan fingerprint density at radius 1 is 1.21 bits per heavy atom. The highest BCUT2D eigenvalue weighted by Gasteiger charge is 2.29. The van der Waals surface area contributed by atoms with Crippen LogP contribution in [0.15, 0.2) is 30.3 Å². The van der Waals surface area contributed by atoms with Gasteiger partial charge in [-0.1, -0.05) is 30.3 Å². The van der Waals surface area contributed by atoms with Crippen LogP contribution in [0, 0.1) is 0 Å². The number of aliphatic hydroxyl groups is 1. The van der Waals surface area contributed by atoms with Crippen LogP contribution in [0.1, 0.15) is 32.8 Å². The Kier molecular flexibility index (Phi) is 7.88. The first-order chi connectivity index (χ1) is 11.2. The molecule has 2 atom stereocenters. The summed E-state index contributed by atoms with van der Waals surface area (Å²) in [6.07, 6.45) is -1.59. The predicted molar refractivity (Wildman–Crippen MR) is 90.8 cm³/mol. The van der Waals surface area contributed by atoms with E-state index in [9.17, 15) is 14.7 Å². The first-order valence-corrected chi connectivity index (χ1v) is 7.96. The molecule has 1 aromatic rings. The van der Waals surface area contributed by atoms with Gasteiger partial charge in [0.2, 0.25) is 0 Å². The van der Waals surface area contributed by atoms with Gasteiger partial charge in [-0.15, -0.1) is 0 Å². The number of alkyl carbamates (subject to hydrolysis) is 1. The molecule has 0 fully saturated rings. The molecule has 0 radical (unpaired) electrons. The Morgan fingerprint density at radius 3 is 2.38 bits per heavy atom. The van der Waals surface area contributed by atoms with Gasteiger partial charge in [0.25, 0.3) is 0 Å². The largest absolute Gasteiger partial charge is 0.444 e. The first-order valence-electron chi connectivity index (χ1n) is 7.96.